The molecule has 0 atom stereocenters. The third-order valence-electron chi connectivity index (χ3n) is 4.20. The van der Waals surface area contributed by atoms with E-state index in [1.54, 1.807) is 17.5 Å². The van der Waals surface area contributed by atoms with Gasteiger partial charge in [-0.25, -0.2) is 9.78 Å². The predicted octanol–water partition coefficient (Wildman–Crippen LogP) is 4.06. The first-order valence-electron chi connectivity index (χ1n) is 9.15. The van der Waals surface area contributed by atoms with Crippen LogP contribution in [-0.4, -0.2) is 31.0 Å². The maximum Gasteiger partial charge on any atom is 0.338 e. The summed E-state index contributed by atoms with van der Waals surface area (Å²) in [5.41, 5.74) is 3.94. The van der Waals surface area contributed by atoms with Crippen molar-refractivity contribution in [3.05, 3.63) is 75.7 Å². The molecule has 0 saturated carbocycles. The van der Waals surface area contributed by atoms with Crippen LogP contribution in [0.4, 0.5) is 11.4 Å². The number of rotatable bonds is 7. The van der Waals surface area contributed by atoms with Gasteiger partial charge in [0.25, 0.3) is 0 Å². The summed E-state index contributed by atoms with van der Waals surface area (Å²) in [5, 5.41) is 5.33. The highest BCUT2D eigenvalue weighted by atomic mass is 32.1. The fraction of sp³-hybridized carbons (Fsp3) is 0.227. The highest BCUT2D eigenvalue weighted by molar-refractivity contribution is 7.09. The summed E-state index contributed by atoms with van der Waals surface area (Å²) in [7, 11) is 3.83. The Morgan fingerprint density at radius 3 is 2.62 bits per heavy atom. The summed E-state index contributed by atoms with van der Waals surface area (Å²) in [5.74, 6) is -0.535. The summed E-state index contributed by atoms with van der Waals surface area (Å²) in [6, 6.07) is 14.9. The van der Waals surface area contributed by atoms with E-state index in [1.165, 1.54) is 11.3 Å². The first-order valence-corrected chi connectivity index (χ1v) is 10.0. The fourth-order valence-electron chi connectivity index (χ4n) is 2.61. The maximum atomic E-state index is 12.3. The van der Waals surface area contributed by atoms with Crippen LogP contribution in [0.25, 0.3) is 0 Å². The van der Waals surface area contributed by atoms with Gasteiger partial charge in [-0.05, 0) is 37.3 Å². The number of nitrogens with one attached hydrogen (secondary N) is 1. The summed E-state index contributed by atoms with van der Waals surface area (Å²) in [4.78, 5) is 30.8. The molecule has 3 aromatic rings. The molecule has 0 aliphatic carbocycles. The number of nitrogens with zero attached hydrogens (tertiary/aromatic N) is 2. The third kappa shape index (κ3) is 5.89. The number of thiazole rings is 1. The number of benzene rings is 2. The van der Waals surface area contributed by atoms with Crippen LogP contribution in [0.1, 0.15) is 26.6 Å². The molecule has 0 fully saturated rings. The van der Waals surface area contributed by atoms with E-state index in [4.69, 9.17) is 4.74 Å². The summed E-state index contributed by atoms with van der Waals surface area (Å²) >= 11 is 1.37. The lowest BCUT2D eigenvalue weighted by molar-refractivity contribution is -0.115. The minimum atomic E-state index is -0.402. The van der Waals surface area contributed by atoms with Crippen molar-refractivity contribution in [1.82, 2.24) is 4.98 Å². The van der Waals surface area contributed by atoms with Crippen molar-refractivity contribution in [2.75, 3.05) is 24.3 Å². The number of ether oxygens (including phenoxy) is 1. The standard InChI is InChI=1S/C22H23N3O3S/c1-15-7-9-17(10-8-15)23-20(26)12-21-24-18(14-29-21)13-28-22(27)16-5-4-6-19(11-16)25(2)3/h4-11,14H,12-13H2,1-3H3,(H,23,26). The molecule has 0 spiro atoms. The van der Waals surface area contributed by atoms with Gasteiger partial charge in [0.05, 0.1) is 17.7 Å². The van der Waals surface area contributed by atoms with Crippen molar-refractivity contribution in [2.24, 2.45) is 0 Å². The number of carbonyl (C=O) groups is 2. The number of hydrogen-bond acceptors (Lipinski definition) is 6. The summed E-state index contributed by atoms with van der Waals surface area (Å²) in [6.45, 7) is 2.07. The average molecular weight is 410 g/mol. The molecule has 0 aliphatic rings. The first-order chi connectivity index (χ1) is 13.9. The first kappa shape index (κ1) is 20.5. The van der Waals surface area contributed by atoms with Gasteiger partial charge in [0.2, 0.25) is 5.91 Å². The molecule has 1 amide bonds. The van der Waals surface area contributed by atoms with Crippen molar-refractivity contribution in [1.29, 1.82) is 0 Å². The number of amides is 1. The van der Waals surface area contributed by atoms with Gasteiger partial charge < -0.3 is 15.0 Å². The number of hydrogen-bond donors (Lipinski definition) is 1. The SMILES string of the molecule is Cc1ccc(NC(=O)Cc2nc(COC(=O)c3cccc(N(C)C)c3)cs2)cc1. The van der Waals surface area contributed by atoms with Crippen LogP contribution >= 0.6 is 11.3 Å². The molecule has 1 heterocycles. The Bertz CT molecular complexity index is 997. The van der Waals surface area contributed by atoms with Gasteiger partial charge in [0, 0.05) is 30.9 Å². The Kier molecular flexibility index (Phi) is 6.61. The van der Waals surface area contributed by atoms with E-state index >= 15 is 0 Å². The number of aryl methyl sites for hydroxylation is 1. The largest absolute Gasteiger partial charge is 0.456 e. The Labute approximate surface area is 174 Å². The Morgan fingerprint density at radius 2 is 1.90 bits per heavy atom. The Morgan fingerprint density at radius 1 is 1.14 bits per heavy atom. The van der Waals surface area contributed by atoms with E-state index in [2.05, 4.69) is 10.3 Å². The number of esters is 1. The molecule has 0 bridgehead atoms. The molecule has 2 aromatic carbocycles. The van der Waals surface area contributed by atoms with Crippen LogP contribution in [-0.2, 0) is 22.6 Å². The predicted molar refractivity (Wildman–Crippen MR) is 116 cm³/mol. The quantitative estimate of drug-likeness (QED) is 0.596. The van der Waals surface area contributed by atoms with Crippen molar-refractivity contribution < 1.29 is 14.3 Å². The van der Waals surface area contributed by atoms with Crippen LogP contribution in [0.2, 0.25) is 0 Å². The lowest BCUT2D eigenvalue weighted by Gasteiger charge is -2.13. The van der Waals surface area contributed by atoms with Crippen LogP contribution in [0, 0.1) is 6.92 Å². The van der Waals surface area contributed by atoms with Gasteiger partial charge in [-0.15, -0.1) is 11.3 Å². The van der Waals surface area contributed by atoms with Crippen molar-refractivity contribution >= 4 is 34.6 Å². The molecule has 1 aromatic heterocycles. The molecule has 0 saturated heterocycles. The normalized spacial score (nSPS) is 10.4. The molecule has 29 heavy (non-hydrogen) atoms. The summed E-state index contributed by atoms with van der Waals surface area (Å²) in [6.07, 6.45) is 0.178. The topological polar surface area (TPSA) is 71.5 Å². The molecule has 7 heteroatoms. The highest BCUT2D eigenvalue weighted by Crippen LogP contribution is 2.17. The Hall–Kier alpha value is -3.19. The van der Waals surface area contributed by atoms with Gasteiger partial charge in [0.1, 0.15) is 11.6 Å². The zero-order valence-electron chi connectivity index (χ0n) is 16.6. The van der Waals surface area contributed by atoms with E-state index in [0.29, 0.717) is 16.3 Å². The van der Waals surface area contributed by atoms with Gasteiger partial charge in [-0.1, -0.05) is 23.8 Å². The third-order valence-corrected chi connectivity index (χ3v) is 5.09. The molecule has 3 rings (SSSR count). The molecule has 6 nitrogen and oxygen atoms in total. The zero-order valence-corrected chi connectivity index (χ0v) is 17.5. The average Bonchev–Trinajstić information content (AvgIpc) is 3.15. The number of anilines is 2. The van der Waals surface area contributed by atoms with Crippen molar-refractivity contribution in [3.63, 3.8) is 0 Å². The second kappa shape index (κ2) is 9.34. The van der Waals surface area contributed by atoms with E-state index in [1.807, 2.05) is 62.3 Å². The second-order valence-corrected chi connectivity index (χ2v) is 7.79. The highest BCUT2D eigenvalue weighted by Gasteiger charge is 2.12. The van der Waals surface area contributed by atoms with Crippen LogP contribution < -0.4 is 10.2 Å². The number of aromatic nitrogens is 1. The molecule has 1 N–H and O–H groups in total. The fourth-order valence-corrected chi connectivity index (χ4v) is 3.39. The van der Waals surface area contributed by atoms with Gasteiger partial charge in [0.15, 0.2) is 0 Å². The second-order valence-electron chi connectivity index (χ2n) is 6.84. The summed E-state index contributed by atoms with van der Waals surface area (Å²) < 4.78 is 5.36. The van der Waals surface area contributed by atoms with E-state index in [9.17, 15) is 9.59 Å². The molecular weight excluding hydrogens is 386 g/mol. The van der Waals surface area contributed by atoms with E-state index in [-0.39, 0.29) is 18.9 Å². The van der Waals surface area contributed by atoms with Crippen molar-refractivity contribution in [3.8, 4) is 0 Å². The van der Waals surface area contributed by atoms with Crippen LogP contribution in [0.3, 0.4) is 0 Å². The zero-order chi connectivity index (χ0) is 20.8. The van der Waals surface area contributed by atoms with Crippen LogP contribution in [0.15, 0.2) is 53.9 Å². The smallest absolute Gasteiger partial charge is 0.338 e. The molecule has 0 radical (unpaired) electrons. The Balaban J connectivity index is 1.52. The van der Waals surface area contributed by atoms with Gasteiger partial charge in [-0.2, -0.15) is 0 Å². The minimum Gasteiger partial charge on any atom is -0.456 e. The lowest BCUT2D eigenvalue weighted by Crippen LogP contribution is -2.14. The molecular formula is C22H23N3O3S. The van der Waals surface area contributed by atoms with E-state index < -0.39 is 5.97 Å². The number of carbonyl (C=O) groups excluding carboxylic acids is 2. The van der Waals surface area contributed by atoms with E-state index in [0.717, 1.165) is 16.9 Å². The molecule has 150 valence electrons. The molecule has 0 unspecified atom stereocenters. The maximum absolute atomic E-state index is 12.3. The lowest BCUT2D eigenvalue weighted by atomic mass is 10.2. The van der Waals surface area contributed by atoms with Crippen LogP contribution in [0.5, 0.6) is 0 Å². The molecule has 0 aliphatic heterocycles. The van der Waals surface area contributed by atoms with Crippen molar-refractivity contribution in [2.45, 2.75) is 20.0 Å². The van der Waals surface area contributed by atoms with Gasteiger partial charge in [-0.3, -0.25) is 4.79 Å². The minimum absolute atomic E-state index is 0.0705. The van der Waals surface area contributed by atoms with Gasteiger partial charge >= 0.3 is 5.97 Å². The monoisotopic (exact) mass is 409 g/mol.